The summed E-state index contributed by atoms with van der Waals surface area (Å²) in [6, 6.07) is 4.69. The zero-order valence-corrected chi connectivity index (χ0v) is 12.9. The average Bonchev–Trinajstić information content (AvgIpc) is 2.79. The summed E-state index contributed by atoms with van der Waals surface area (Å²) in [5.41, 5.74) is 0. The van der Waals surface area contributed by atoms with Crippen LogP contribution in [0, 0.1) is 0 Å². The first-order valence-corrected chi connectivity index (χ1v) is 8.64. The zero-order valence-electron chi connectivity index (χ0n) is 12.1. The topological polar surface area (TPSA) is 76.2 Å². The van der Waals surface area contributed by atoms with Gasteiger partial charge in [-0.15, -0.1) is 0 Å². The van der Waals surface area contributed by atoms with Gasteiger partial charge in [0.15, 0.2) is 11.5 Å². The lowest BCUT2D eigenvalue weighted by atomic mass is 10.3. The third kappa shape index (κ3) is 2.89. The highest BCUT2D eigenvalue weighted by atomic mass is 32.2. The second-order valence-electron chi connectivity index (χ2n) is 5.20. The molecule has 1 amide bonds. The smallest absolute Gasteiger partial charge is 0.243 e. The number of piperazine rings is 1. The summed E-state index contributed by atoms with van der Waals surface area (Å²) >= 11 is 0. The van der Waals surface area contributed by atoms with Crippen molar-refractivity contribution in [2.45, 2.75) is 11.3 Å². The predicted octanol–water partition coefficient (Wildman–Crippen LogP) is 0.311. The second kappa shape index (κ2) is 6.13. The molecule has 0 saturated carbocycles. The highest BCUT2D eigenvalue weighted by molar-refractivity contribution is 7.89. The number of nitrogens with zero attached hydrogens (tertiary/aromatic N) is 2. The first-order valence-electron chi connectivity index (χ1n) is 7.20. The van der Waals surface area contributed by atoms with Gasteiger partial charge in [0.1, 0.15) is 0 Å². The van der Waals surface area contributed by atoms with E-state index in [9.17, 15) is 13.2 Å². The van der Waals surface area contributed by atoms with E-state index >= 15 is 0 Å². The van der Waals surface area contributed by atoms with Crippen LogP contribution in [-0.4, -0.2) is 63.4 Å². The molecule has 7 nitrogen and oxygen atoms in total. The molecule has 0 atom stereocenters. The molecule has 0 bridgehead atoms. The Morgan fingerprint density at radius 3 is 2.36 bits per heavy atom. The maximum absolute atomic E-state index is 12.7. The van der Waals surface area contributed by atoms with E-state index in [0.717, 1.165) is 12.8 Å². The van der Waals surface area contributed by atoms with Crippen molar-refractivity contribution >= 4 is 16.4 Å². The van der Waals surface area contributed by atoms with Crippen molar-refractivity contribution in [3.8, 4) is 11.5 Å². The standard InChI is InChI=1S/C14H18N2O5S/c17-11-15-4-6-16(7-5-15)22(18,19)12-2-3-13-14(10-12)21-9-1-8-20-13/h2-3,10-11H,1,4-9H2. The van der Waals surface area contributed by atoms with E-state index in [-0.39, 0.29) is 4.90 Å². The third-order valence-electron chi connectivity index (χ3n) is 3.78. The molecule has 0 N–H and O–H groups in total. The molecule has 0 unspecified atom stereocenters. The number of rotatable bonds is 3. The summed E-state index contributed by atoms with van der Waals surface area (Å²) in [6.45, 7) is 2.49. The highest BCUT2D eigenvalue weighted by Crippen LogP contribution is 2.32. The first-order chi connectivity index (χ1) is 10.6. The van der Waals surface area contributed by atoms with Crippen molar-refractivity contribution in [1.82, 2.24) is 9.21 Å². The molecule has 1 fully saturated rings. The number of hydrogen-bond acceptors (Lipinski definition) is 5. The van der Waals surface area contributed by atoms with Crippen LogP contribution in [0.4, 0.5) is 0 Å². The summed E-state index contributed by atoms with van der Waals surface area (Å²) in [7, 11) is -3.58. The number of fused-ring (bicyclic) bond motifs is 1. The van der Waals surface area contributed by atoms with Crippen molar-refractivity contribution < 1.29 is 22.7 Å². The Kier molecular flexibility index (Phi) is 4.21. The van der Waals surface area contributed by atoms with Crippen LogP contribution in [0.3, 0.4) is 0 Å². The SMILES string of the molecule is O=CN1CCN(S(=O)(=O)c2ccc3c(c2)OCCCO3)CC1. The number of carbonyl (C=O) groups excluding carboxylic acids is 1. The summed E-state index contributed by atoms with van der Waals surface area (Å²) in [4.78, 5) is 12.5. The van der Waals surface area contributed by atoms with Gasteiger partial charge in [-0.2, -0.15) is 4.31 Å². The second-order valence-corrected chi connectivity index (χ2v) is 7.14. The van der Waals surface area contributed by atoms with E-state index in [4.69, 9.17) is 9.47 Å². The van der Waals surface area contributed by atoms with Crippen molar-refractivity contribution in [1.29, 1.82) is 0 Å². The Morgan fingerprint density at radius 1 is 1.00 bits per heavy atom. The Morgan fingerprint density at radius 2 is 1.68 bits per heavy atom. The van der Waals surface area contributed by atoms with E-state index in [1.807, 2.05) is 0 Å². The molecule has 8 heteroatoms. The minimum atomic E-state index is -3.58. The molecule has 0 aliphatic carbocycles. The molecule has 120 valence electrons. The fourth-order valence-electron chi connectivity index (χ4n) is 2.50. The zero-order chi connectivity index (χ0) is 15.6. The van der Waals surface area contributed by atoms with Crippen LogP contribution in [0.15, 0.2) is 23.1 Å². The number of carbonyl (C=O) groups is 1. The first kappa shape index (κ1) is 15.1. The third-order valence-corrected chi connectivity index (χ3v) is 5.67. The largest absolute Gasteiger partial charge is 0.490 e. The summed E-state index contributed by atoms with van der Waals surface area (Å²) in [6.07, 6.45) is 1.52. The fourth-order valence-corrected chi connectivity index (χ4v) is 3.94. The van der Waals surface area contributed by atoms with E-state index < -0.39 is 10.0 Å². The predicted molar refractivity (Wildman–Crippen MR) is 78.4 cm³/mol. The van der Waals surface area contributed by atoms with Crippen molar-refractivity contribution in [2.75, 3.05) is 39.4 Å². The molecule has 0 aromatic heterocycles. The average molecular weight is 326 g/mol. The van der Waals surface area contributed by atoms with E-state index in [2.05, 4.69) is 0 Å². The molecule has 2 heterocycles. The monoisotopic (exact) mass is 326 g/mol. The highest BCUT2D eigenvalue weighted by Gasteiger charge is 2.29. The van der Waals surface area contributed by atoms with Crippen LogP contribution in [0.2, 0.25) is 0 Å². The van der Waals surface area contributed by atoms with Crippen molar-refractivity contribution in [2.24, 2.45) is 0 Å². The number of sulfonamides is 1. The molecule has 3 rings (SSSR count). The molecule has 1 aromatic rings. The Hall–Kier alpha value is -1.80. The maximum atomic E-state index is 12.7. The van der Waals surface area contributed by atoms with E-state index in [1.165, 1.54) is 16.4 Å². The van der Waals surface area contributed by atoms with Crippen LogP contribution >= 0.6 is 0 Å². The van der Waals surface area contributed by atoms with Gasteiger partial charge >= 0.3 is 0 Å². The molecular formula is C14H18N2O5S. The number of benzene rings is 1. The van der Waals surface area contributed by atoms with Gasteiger partial charge in [-0.3, -0.25) is 4.79 Å². The van der Waals surface area contributed by atoms with Gasteiger partial charge < -0.3 is 14.4 Å². The quantitative estimate of drug-likeness (QED) is 0.747. The van der Waals surface area contributed by atoms with E-state index in [1.54, 1.807) is 11.0 Å². The van der Waals surface area contributed by atoms with Crippen LogP contribution in [-0.2, 0) is 14.8 Å². The molecule has 0 radical (unpaired) electrons. The van der Waals surface area contributed by atoms with Crippen LogP contribution in [0.5, 0.6) is 11.5 Å². The number of ether oxygens (including phenoxy) is 2. The molecular weight excluding hydrogens is 308 g/mol. The molecule has 1 aromatic carbocycles. The number of amides is 1. The lowest BCUT2D eigenvalue weighted by molar-refractivity contribution is -0.119. The summed E-state index contributed by atoms with van der Waals surface area (Å²) < 4.78 is 37.8. The normalized spacial score (nSPS) is 19.5. The Bertz CT molecular complexity index is 653. The summed E-state index contributed by atoms with van der Waals surface area (Å²) in [5, 5.41) is 0. The lowest BCUT2D eigenvalue weighted by Crippen LogP contribution is -2.47. The Labute approximate surface area is 129 Å². The van der Waals surface area contributed by atoms with Crippen LogP contribution in [0.1, 0.15) is 6.42 Å². The van der Waals surface area contributed by atoms with Gasteiger partial charge in [-0.05, 0) is 12.1 Å². The van der Waals surface area contributed by atoms with Gasteiger partial charge in [0.05, 0.1) is 18.1 Å². The minimum Gasteiger partial charge on any atom is -0.490 e. The van der Waals surface area contributed by atoms with Crippen molar-refractivity contribution in [3.63, 3.8) is 0 Å². The van der Waals surface area contributed by atoms with Crippen LogP contribution < -0.4 is 9.47 Å². The molecule has 1 saturated heterocycles. The molecule has 2 aliphatic rings. The summed E-state index contributed by atoms with van der Waals surface area (Å²) in [5.74, 6) is 1.03. The van der Waals surface area contributed by atoms with Gasteiger partial charge in [0.2, 0.25) is 16.4 Å². The van der Waals surface area contributed by atoms with Gasteiger partial charge in [0.25, 0.3) is 0 Å². The Balaban J connectivity index is 1.83. The lowest BCUT2D eigenvalue weighted by Gasteiger charge is -2.31. The number of hydrogen-bond donors (Lipinski definition) is 0. The van der Waals surface area contributed by atoms with Gasteiger partial charge in [-0.25, -0.2) is 8.42 Å². The van der Waals surface area contributed by atoms with Gasteiger partial charge in [-0.1, -0.05) is 0 Å². The fraction of sp³-hybridized carbons (Fsp3) is 0.500. The molecule has 2 aliphatic heterocycles. The molecule has 0 spiro atoms. The van der Waals surface area contributed by atoms with Gasteiger partial charge in [0, 0.05) is 38.7 Å². The minimum absolute atomic E-state index is 0.191. The molecule has 22 heavy (non-hydrogen) atoms. The van der Waals surface area contributed by atoms with Crippen molar-refractivity contribution in [3.05, 3.63) is 18.2 Å². The van der Waals surface area contributed by atoms with E-state index in [0.29, 0.717) is 50.9 Å². The van der Waals surface area contributed by atoms with Crippen LogP contribution in [0.25, 0.3) is 0 Å². The maximum Gasteiger partial charge on any atom is 0.243 e.